The van der Waals surface area contributed by atoms with Gasteiger partial charge in [0.15, 0.2) is 0 Å². The van der Waals surface area contributed by atoms with Crippen molar-refractivity contribution in [3.8, 4) is 0 Å². The second-order valence-corrected chi connectivity index (χ2v) is 13.4. The lowest BCUT2D eigenvalue weighted by Crippen LogP contribution is -2.40. The smallest absolute Gasteiger partial charge is 0.273 e. The summed E-state index contributed by atoms with van der Waals surface area (Å²) in [6.45, 7) is 0. The molecular weight excluding hydrogens is 570 g/mol. The maximum Gasteiger partial charge on any atom is 0.273 e. The molecule has 1 aliphatic heterocycles. The largest absolute Gasteiger partial charge is 0.295 e. The van der Waals surface area contributed by atoms with Crippen molar-refractivity contribution in [2.45, 2.75) is 30.2 Å². The van der Waals surface area contributed by atoms with Crippen molar-refractivity contribution >= 4 is 62.0 Å². The summed E-state index contributed by atoms with van der Waals surface area (Å²) in [6, 6.07) is 20.4. The van der Waals surface area contributed by atoms with E-state index < -0.39 is 10.0 Å². The lowest BCUT2D eigenvalue weighted by Gasteiger charge is -2.26. The van der Waals surface area contributed by atoms with Gasteiger partial charge in [-0.2, -0.15) is 0 Å². The number of halogens is 1. The maximum absolute atomic E-state index is 14.0. The first kappa shape index (κ1) is 25.9. The Hall–Kier alpha value is -3.37. The molecule has 0 radical (unpaired) electrons. The number of rotatable bonds is 6. The van der Waals surface area contributed by atoms with E-state index in [-0.39, 0.29) is 22.4 Å². The van der Waals surface area contributed by atoms with Gasteiger partial charge in [-0.15, -0.1) is 22.7 Å². The minimum atomic E-state index is -3.92. The molecule has 0 bridgehead atoms. The van der Waals surface area contributed by atoms with Gasteiger partial charge in [-0.25, -0.2) is 13.4 Å². The Kier molecular flexibility index (Phi) is 7.07. The molecule has 0 saturated carbocycles. The van der Waals surface area contributed by atoms with Gasteiger partial charge in [0.1, 0.15) is 6.04 Å². The molecule has 0 saturated heterocycles. The first-order chi connectivity index (χ1) is 18.9. The Morgan fingerprint density at radius 3 is 2.54 bits per heavy atom. The zero-order valence-corrected chi connectivity index (χ0v) is 23.8. The van der Waals surface area contributed by atoms with Gasteiger partial charge < -0.3 is 0 Å². The normalized spacial score (nSPS) is 18.2. The van der Waals surface area contributed by atoms with Crippen LogP contribution in [0.5, 0.6) is 0 Å². The fourth-order valence-corrected chi connectivity index (χ4v) is 7.71. The monoisotopic (exact) mass is 593 g/mol. The number of hydrogen-bond donors (Lipinski definition) is 2. The highest BCUT2D eigenvalue weighted by molar-refractivity contribution is 7.92. The average Bonchev–Trinajstić information content (AvgIpc) is 3.71. The number of thiophene rings is 2. The van der Waals surface area contributed by atoms with E-state index in [0.29, 0.717) is 10.7 Å². The summed E-state index contributed by atoms with van der Waals surface area (Å²) in [5, 5.41) is 6.23. The molecule has 6 rings (SSSR count). The molecule has 1 amide bonds. The molecule has 2 N–H and O–H groups in total. The molecule has 2 aromatic carbocycles. The molecule has 0 fully saturated rings. The van der Waals surface area contributed by atoms with Crippen LogP contribution >= 0.6 is 34.3 Å². The van der Waals surface area contributed by atoms with Crippen molar-refractivity contribution in [2.24, 2.45) is 0 Å². The molecule has 6 nitrogen and oxygen atoms in total. The van der Waals surface area contributed by atoms with Crippen molar-refractivity contribution in [3.05, 3.63) is 121 Å². The lowest BCUT2D eigenvalue weighted by molar-refractivity contribution is 0.0659. The van der Waals surface area contributed by atoms with Crippen LogP contribution in [-0.2, 0) is 10.0 Å². The van der Waals surface area contributed by atoms with Gasteiger partial charge in [0.25, 0.3) is 15.9 Å². The predicted octanol–water partition coefficient (Wildman–Crippen LogP) is 7.49. The summed E-state index contributed by atoms with van der Waals surface area (Å²) in [6.07, 6.45) is 5.01. The summed E-state index contributed by atoms with van der Waals surface area (Å²) in [5.41, 5.74) is 7.46. The van der Waals surface area contributed by atoms with Crippen molar-refractivity contribution in [3.63, 3.8) is 0 Å². The Labute approximate surface area is 240 Å². The molecule has 198 valence electrons. The van der Waals surface area contributed by atoms with E-state index in [2.05, 4.69) is 27.7 Å². The Morgan fingerprint density at radius 2 is 1.79 bits per heavy atom. The second-order valence-electron chi connectivity index (χ2n) is 9.28. The van der Waals surface area contributed by atoms with Crippen molar-refractivity contribution in [1.82, 2.24) is 10.4 Å². The van der Waals surface area contributed by atoms with Crippen LogP contribution < -0.4 is 10.1 Å². The molecule has 3 heterocycles. The second kappa shape index (κ2) is 10.7. The van der Waals surface area contributed by atoms with Crippen molar-refractivity contribution in [2.75, 3.05) is 4.72 Å². The average molecular weight is 594 g/mol. The fourth-order valence-electron chi connectivity index (χ4n) is 4.95. The van der Waals surface area contributed by atoms with Crippen LogP contribution in [0.1, 0.15) is 45.4 Å². The number of hydrogen-bond acceptors (Lipinski definition) is 6. The molecule has 1 aliphatic carbocycles. The molecule has 1 atom stereocenters. The minimum absolute atomic E-state index is 0.00572. The number of carbonyl (C=O) groups is 1. The summed E-state index contributed by atoms with van der Waals surface area (Å²) in [7, 11) is -3.92. The van der Waals surface area contributed by atoms with E-state index >= 15 is 0 Å². The number of hydrazine groups is 1. The quantitative estimate of drug-likeness (QED) is 0.243. The molecule has 10 heteroatoms. The van der Waals surface area contributed by atoms with Crippen LogP contribution in [0.15, 0.2) is 105 Å². The van der Waals surface area contributed by atoms with Gasteiger partial charge >= 0.3 is 0 Å². The molecule has 4 aromatic rings. The van der Waals surface area contributed by atoms with Crippen LogP contribution in [0.4, 0.5) is 5.69 Å². The Balaban J connectivity index is 1.33. The van der Waals surface area contributed by atoms with Crippen molar-refractivity contribution in [1.29, 1.82) is 0 Å². The van der Waals surface area contributed by atoms with Gasteiger partial charge in [-0.3, -0.25) is 14.9 Å². The highest BCUT2D eigenvalue weighted by atomic mass is 35.5. The number of anilines is 1. The number of allylic oxidation sites excluding steroid dienone is 1. The highest BCUT2D eigenvalue weighted by Crippen LogP contribution is 2.45. The van der Waals surface area contributed by atoms with Gasteiger partial charge in [-0.1, -0.05) is 29.8 Å². The lowest BCUT2D eigenvalue weighted by atomic mass is 9.88. The van der Waals surface area contributed by atoms with Crippen LogP contribution in [0.25, 0.3) is 6.08 Å². The van der Waals surface area contributed by atoms with Gasteiger partial charge in [-0.05, 0) is 102 Å². The number of nitrogens with one attached hydrogen (secondary N) is 2. The summed E-state index contributed by atoms with van der Waals surface area (Å²) in [4.78, 5) is 16.2. The number of amides is 1. The number of nitrogens with zero attached hydrogens (tertiary/aromatic N) is 1. The van der Waals surface area contributed by atoms with E-state index in [0.717, 1.165) is 29.8 Å². The molecule has 2 aliphatic rings. The summed E-state index contributed by atoms with van der Waals surface area (Å²) in [5.74, 6) is -0.290. The first-order valence-corrected chi connectivity index (χ1v) is 16.0. The van der Waals surface area contributed by atoms with Gasteiger partial charge in [0, 0.05) is 26.0 Å². The number of carbonyl (C=O) groups excluding carboxylic acids is 1. The van der Waals surface area contributed by atoms with E-state index in [4.69, 9.17) is 11.6 Å². The van der Waals surface area contributed by atoms with Crippen LogP contribution in [0.3, 0.4) is 0 Å². The summed E-state index contributed by atoms with van der Waals surface area (Å²) >= 11 is 9.22. The van der Waals surface area contributed by atoms with E-state index in [1.54, 1.807) is 64.1 Å². The van der Waals surface area contributed by atoms with Gasteiger partial charge in [0.05, 0.1) is 10.6 Å². The maximum atomic E-state index is 14.0. The molecule has 0 unspecified atom stereocenters. The fraction of sp³-hybridized carbons (Fsp3) is 0.138. The standard InChI is InChI=1S/C29H24ClN3O3S3/c30-21-11-13-22(14-12-21)32-39(35,36)24-8-1-6-20(18-24)29(34)33-28(26-10-4-16-38-26)25-9-2-5-19(27(25)31-33)17-23-7-3-15-37-23/h1,3-4,6-8,10-18,28,31-32H,2,5,9H2/b19-17+/t28-/m1/s1. The third-order valence-electron chi connectivity index (χ3n) is 6.73. The topological polar surface area (TPSA) is 78.5 Å². The first-order valence-electron chi connectivity index (χ1n) is 12.4. The molecular formula is C29H24ClN3O3S3. The van der Waals surface area contributed by atoms with Crippen molar-refractivity contribution < 1.29 is 13.2 Å². The van der Waals surface area contributed by atoms with Crippen LogP contribution in [-0.4, -0.2) is 19.3 Å². The highest BCUT2D eigenvalue weighted by Gasteiger charge is 2.40. The SMILES string of the molecule is O=C(c1cccc(S(=O)(=O)Nc2ccc(Cl)cc2)c1)N1NC2=C(CCC/C2=C\c2cccs2)[C@@H]1c1cccs1. The Morgan fingerprint density at radius 1 is 1.00 bits per heavy atom. The predicted molar refractivity (Wildman–Crippen MR) is 158 cm³/mol. The number of sulfonamides is 1. The molecule has 39 heavy (non-hydrogen) atoms. The van der Waals surface area contributed by atoms with Crippen LogP contribution in [0.2, 0.25) is 5.02 Å². The summed E-state index contributed by atoms with van der Waals surface area (Å²) < 4.78 is 28.8. The molecule has 2 aromatic heterocycles. The molecule has 0 spiro atoms. The number of benzene rings is 2. The van der Waals surface area contributed by atoms with Crippen LogP contribution in [0, 0.1) is 0 Å². The third-order valence-corrected chi connectivity index (χ3v) is 10.1. The minimum Gasteiger partial charge on any atom is -0.295 e. The Bertz CT molecular complexity index is 1680. The zero-order valence-electron chi connectivity index (χ0n) is 20.6. The van der Waals surface area contributed by atoms with Gasteiger partial charge in [0.2, 0.25) is 0 Å². The van der Waals surface area contributed by atoms with E-state index in [1.807, 2.05) is 23.6 Å². The third kappa shape index (κ3) is 5.27. The van der Waals surface area contributed by atoms with E-state index in [9.17, 15) is 13.2 Å². The van der Waals surface area contributed by atoms with E-state index in [1.165, 1.54) is 28.2 Å². The zero-order chi connectivity index (χ0) is 27.0.